The summed E-state index contributed by atoms with van der Waals surface area (Å²) in [6, 6.07) is 13.4. The molecule has 38 heavy (non-hydrogen) atoms. The molecule has 2 aliphatic rings. The fourth-order valence-corrected chi connectivity index (χ4v) is 5.23. The zero-order chi connectivity index (χ0) is 27.1. The Hall–Kier alpha value is -3.34. The van der Waals surface area contributed by atoms with Crippen molar-refractivity contribution < 1.29 is 19.2 Å². The van der Waals surface area contributed by atoms with Gasteiger partial charge in [0, 0.05) is 70.1 Å². The van der Waals surface area contributed by atoms with Crippen LogP contribution in [0.15, 0.2) is 48.5 Å². The van der Waals surface area contributed by atoms with E-state index in [1.165, 1.54) is 12.1 Å². The normalized spacial score (nSPS) is 20.0. The molecule has 2 heterocycles. The van der Waals surface area contributed by atoms with Crippen molar-refractivity contribution >= 4 is 17.5 Å². The lowest BCUT2D eigenvalue weighted by Gasteiger charge is -2.29. The maximum atomic E-state index is 13.8. The van der Waals surface area contributed by atoms with E-state index in [-0.39, 0.29) is 23.5 Å². The first-order valence-electron chi connectivity index (χ1n) is 13.2. The van der Waals surface area contributed by atoms with E-state index in [1.807, 2.05) is 36.1 Å². The van der Waals surface area contributed by atoms with Crippen LogP contribution < -0.4 is 5.32 Å². The molecule has 2 saturated heterocycles. The first-order chi connectivity index (χ1) is 18.4. The third kappa shape index (κ3) is 6.75. The average molecular weight is 524 g/mol. The highest BCUT2D eigenvalue weighted by atomic mass is 16.6. The summed E-state index contributed by atoms with van der Waals surface area (Å²) in [5, 5.41) is 14.4. The number of carbonyl (C=O) groups excluding carboxylic acids is 2. The Morgan fingerprint density at radius 2 is 1.84 bits per heavy atom. The van der Waals surface area contributed by atoms with Gasteiger partial charge in [0.05, 0.1) is 11.5 Å². The monoisotopic (exact) mass is 523 g/mol. The molecular formula is C28H37N5O5. The predicted octanol–water partition coefficient (Wildman–Crippen LogP) is 2.46. The maximum absolute atomic E-state index is 13.8. The summed E-state index contributed by atoms with van der Waals surface area (Å²) < 4.78 is 5.36. The van der Waals surface area contributed by atoms with Crippen LogP contribution in [-0.4, -0.2) is 96.5 Å². The molecule has 0 aromatic heterocycles. The van der Waals surface area contributed by atoms with Gasteiger partial charge in [0.25, 0.3) is 11.6 Å². The number of hydrogen-bond acceptors (Lipinski definition) is 7. The van der Waals surface area contributed by atoms with Crippen molar-refractivity contribution in [3.8, 4) is 0 Å². The fraction of sp³-hybridized carbons (Fsp3) is 0.500. The van der Waals surface area contributed by atoms with Crippen LogP contribution in [0.5, 0.6) is 0 Å². The van der Waals surface area contributed by atoms with E-state index < -0.39 is 11.0 Å². The van der Waals surface area contributed by atoms with Gasteiger partial charge in [-0.3, -0.25) is 24.6 Å². The lowest BCUT2D eigenvalue weighted by atomic mass is 10.1. The number of amides is 2. The number of methoxy groups -OCH3 is 1. The SMILES string of the molecule is COCCN(Cc1ccc([N+](=O)[O-])cc1)C1CC(C(=O)N2CCCNCC2)N(C(=O)c2ccc(C)cc2)C1. The van der Waals surface area contributed by atoms with E-state index in [4.69, 9.17) is 4.74 Å². The van der Waals surface area contributed by atoms with E-state index >= 15 is 0 Å². The van der Waals surface area contributed by atoms with Crippen molar-refractivity contribution in [1.82, 2.24) is 20.0 Å². The van der Waals surface area contributed by atoms with Gasteiger partial charge in [-0.25, -0.2) is 0 Å². The number of nitrogens with one attached hydrogen (secondary N) is 1. The topological polar surface area (TPSA) is 108 Å². The predicted molar refractivity (Wildman–Crippen MR) is 144 cm³/mol. The molecule has 2 atom stereocenters. The van der Waals surface area contributed by atoms with Crippen LogP contribution in [0.1, 0.15) is 34.3 Å². The second-order valence-electron chi connectivity index (χ2n) is 10.0. The van der Waals surface area contributed by atoms with Crippen LogP contribution in [-0.2, 0) is 16.1 Å². The molecule has 2 unspecified atom stereocenters. The number of likely N-dealkylation sites (tertiary alicyclic amines) is 1. The molecule has 0 bridgehead atoms. The third-order valence-electron chi connectivity index (χ3n) is 7.41. The van der Waals surface area contributed by atoms with E-state index in [0.29, 0.717) is 51.3 Å². The highest BCUT2D eigenvalue weighted by Crippen LogP contribution is 2.28. The molecule has 2 fully saturated rings. The van der Waals surface area contributed by atoms with Crippen molar-refractivity contribution in [2.24, 2.45) is 0 Å². The number of nitro groups is 1. The first kappa shape index (κ1) is 27.7. The van der Waals surface area contributed by atoms with Gasteiger partial charge >= 0.3 is 0 Å². The minimum atomic E-state index is -0.547. The number of ether oxygens (including phenoxy) is 1. The Morgan fingerprint density at radius 1 is 1.11 bits per heavy atom. The lowest BCUT2D eigenvalue weighted by molar-refractivity contribution is -0.384. The van der Waals surface area contributed by atoms with Gasteiger partial charge in [0.1, 0.15) is 6.04 Å². The molecule has 0 aliphatic carbocycles. The molecule has 0 saturated carbocycles. The zero-order valence-electron chi connectivity index (χ0n) is 22.2. The Morgan fingerprint density at radius 3 is 2.53 bits per heavy atom. The molecule has 204 valence electrons. The van der Waals surface area contributed by atoms with Gasteiger partial charge in [0.15, 0.2) is 0 Å². The van der Waals surface area contributed by atoms with E-state index in [9.17, 15) is 19.7 Å². The van der Waals surface area contributed by atoms with Crippen molar-refractivity contribution in [1.29, 1.82) is 0 Å². The van der Waals surface area contributed by atoms with Crippen LogP contribution in [0.2, 0.25) is 0 Å². The van der Waals surface area contributed by atoms with Crippen LogP contribution >= 0.6 is 0 Å². The number of non-ortho nitro benzene ring substituents is 1. The summed E-state index contributed by atoms with van der Waals surface area (Å²) in [6.07, 6.45) is 1.41. The molecule has 1 N–H and O–H groups in total. The van der Waals surface area contributed by atoms with E-state index in [0.717, 1.165) is 30.6 Å². The number of carbonyl (C=O) groups is 2. The van der Waals surface area contributed by atoms with Crippen molar-refractivity contribution in [3.63, 3.8) is 0 Å². The van der Waals surface area contributed by atoms with Crippen LogP contribution in [0, 0.1) is 17.0 Å². The standard InChI is InChI=1S/C28H37N5O5/c1-21-4-8-23(9-5-21)27(34)32-20-25(18-26(32)28(35)30-14-3-12-29-13-15-30)31(16-17-38-2)19-22-6-10-24(11-7-22)33(36)37/h4-11,25-26,29H,3,12-20H2,1-2H3. The Kier molecular flexibility index (Phi) is 9.43. The van der Waals surface area contributed by atoms with Gasteiger partial charge in [-0.15, -0.1) is 0 Å². The van der Waals surface area contributed by atoms with E-state index in [1.54, 1.807) is 24.1 Å². The quantitative estimate of drug-likeness (QED) is 0.397. The lowest BCUT2D eigenvalue weighted by Crippen LogP contribution is -2.48. The molecule has 4 rings (SSSR count). The van der Waals surface area contributed by atoms with Crippen LogP contribution in [0.4, 0.5) is 5.69 Å². The smallest absolute Gasteiger partial charge is 0.269 e. The Bertz CT molecular complexity index is 1100. The summed E-state index contributed by atoms with van der Waals surface area (Å²) in [5.41, 5.74) is 2.62. The number of nitro benzene ring substituents is 1. The number of hydrogen-bond donors (Lipinski definition) is 1. The zero-order valence-corrected chi connectivity index (χ0v) is 22.2. The number of nitrogens with zero attached hydrogens (tertiary/aromatic N) is 4. The molecule has 2 aromatic rings. The molecule has 10 nitrogen and oxygen atoms in total. The number of rotatable bonds is 9. The summed E-state index contributed by atoms with van der Waals surface area (Å²) >= 11 is 0. The summed E-state index contributed by atoms with van der Waals surface area (Å²) in [5.74, 6) is -0.139. The first-order valence-corrected chi connectivity index (χ1v) is 13.2. The molecule has 2 aliphatic heterocycles. The molecule has 2 amide bonds. The summed E-state index contributed by atoms with van der Waals surface area (Å²) in [4.78, 5) is 44.0. The van der Waals surface area contributed by atoms with Crippen LogP contribution in [0.25, 0.3) is 0 Å². The molecule has 2 aromatic carbocycles. The van der Waals surface area contributed by atoms with Crippen molar-refractivity contribution in [2.45, 2.75) is 38.4 Å². The van der Waals surface area contributed by atoms with Gasteiger partial charge in [0.2, 0.25) is 5.91 Å². The molecule has 0 spiro atoms. The molecule has 0 radical (unpaired) electrons. The largest absolute Gasteiger partial charge is 0.383 e. The fourth-order valence-electron chi connectivity index (χ4n) is 5.23. The highest BCUT2D eigenvalue weighted by Gasteiger charge is 2.43. The van der Waals surface area contributed by atoms with Gasteiger partial charge in [-0.1, -0.05) is 29.8 Å². The average Bonchev–Trinajstić information content (AvgIpc) is 3.18. The second-order valence-corrected chi connectivity index (χ2v) is 10.0. The van der Waals surface area contributed by atoms with Gasteiger partial charge in [-0.05, 0) is 44.0 Å². The maximum Gasteiger partial charge on any atom is 0.269 e. The minimum Gasteiger partial charge on any atom is -0.383 e. The Labute approximate surface area is 223 Å². The van der Waals surface area contributed by atoms with Gasteiger partial charge < -0.3 is 19.9 Å². The highest BCUT2D eigenvalue weighted by molar-refractivity contribution is 5.98. The van der Waals surface area contributed by atoms with Gasteiger partial charge in [-0.2, -0.15) is 0 Å². The molecular weight excluding hydrogens is 486 g/mol. The number of aryl methyl sites for hydroxylation is 1. The minimum absolute atomic E-state index is 0.00121. The van der Waals surface area contributed by atoms with Crippen molar-refractivity contribution in [3.05, 3.63) is 75.3 Å². The number of benzene rings is 2. The second kappa shape index (κ2) is 12.9. The van der Waals surface area contributed by atoms with Crippen LogP contribution in [0.3, 0.4) is 0 Å². The summed E-state index contributed by atoms with van der Waals surface area (Å²) in [6.45, 7) is 6.96. The van der Waals surface area contributed by atoms with E-state index in [2.05, 4.69) is 10.2 Å². The summed E-state index contributed by atoms with van der Waals surface area (Å²) in [7, 11) is 1.64. The van der Waals surface area contributed by atoms with Crippen molar-refractivity contribution in [2.75, 3.05) is 53.0 Å². The molecule has 10 heteroatoms. The third-order valence-corrected chi connectivity index (χ3v) is 7.41. The Balaban J connectivity index is 1.58.